The van der Waals surface area contributed by atoms with Crippen LogP contribution in [-0.4, -0.2) is 41.6 Å². The number of nitrogens with one attached hydrogen (secondary N) is 1. The number of carbonyl (C=O) groups excluding carboxylic acids is 1. The van der Waals surface area contributed by atoms with Crippen LogP contribution in [0.3, 0.4) is 0 Å². The minimum absolute atomic E-state index is 0.236. The number of piperidine rings is 1. The first kappa shape index (κ1) is 12.2. The van der Waals surface area contributed by atoms with Crippen LogP contribution in [0, 0.1) is 5.41 Å². The van der Waals surface area contributed by atoms with Crippen LogP contribution in [0.15, 0.2) is 0 Å². The first-order chi connectivity index (χ1) is 8.11. The lowest BCUT2D eigenvalue weighted by atomic mass is 9.77. The molecule has 1 aliphatic heterocycles. The van der Waals surface area contributed by atoms with Crippen molar-refractivity contribution in [2.24, 2.45) is 5.41 Å². The van der Waals surface area contributed by atoms with E-state index in [1.165, 1.54) is 25.7 Å². The smallest absolute Gasteiger partial charge is 0.323 e. The van der Waals surface area contributed by atoms with Gasteiger partial charge in [-0.05, 0) is 31.1 Å². The second-order valence-electron chi connectivity index (χ2n) is 5.25. The third-order valence-corrected chi connectivity index (χ3v) is 4.17. The summed E-state index contributed by atoms with van der Waals surface area (Å²) >= 11 is 0. The molecule has 1 spiro atoms. The van der Waals surface area contributed by atoms with Gasteiger partial charge in [-0.3, -0.25) is 4.79 Å². The van der Waals surface area contributed by atoms with Gasteiger partial charge in [0.1, 0.15) is 6.54 Å². The van der Waals surface area contributed by atoms with Crippen LogP contribution in [0.4, 0.5) is 4.79 Å². The van der Waals surface area contributed by atoms with Gasteiger partial charge in [0, 0.05) is 13.1 Å². The zero-order valence-electron chi connectivity index (χ0n) is 10.1. The zero-order chi connectivity index (χ0) is 12.3. The summed E-state index contributed by atoms with van der Waals surface area (Å²) in [6.07, 6.45) is 7.41. The highest BCUT2D eigenvalue weighted by Crippen LogP contribution is 2.45. The van der Waals surface area contributed by atoms with E-state index in [2.05, 4.69) is 5.32 Å². The molecule has 2 N–H and O–H groups in total. The summed E-state index contributed by atoms with van der Waals surface area (Å²) in [7, 11) is 0. The summed E-state index contributed by atoms with van der Waals surface area (Å²) in [6, 6.07) is -0.236. The van der Waals surface area contributed by atoms with Crippen LogP contribution in [0.2, 0.25) is 0 Å². The van der Waals surface area contributed by atoms with E-state index in [0.29, 0.717) is 5.41 Å². The van der Waals surface area contributed by atoms with Crippen LogP contribution in [0.25, 0.3) is 0 Å². The Labute approximate surface area is 101 Å². The lowest BCUT2D eigenvalue weighted by Gasteiger charge is -2.39. The molecule has 2 aliphatic rings. The molecule has 0 aromatic carbocycles. The Bertz CT molecular complexity index is 301. The van der Waals surface area contributed by atoms with Gasteiger partial charge in [-0.1, -0.05) is 12.8 Å². The third kappa shape index (κ3) is 2.90. The number of hydrogen-bond acceptors (Lipinski definition) is 2. The molecule has 2 amide bonds. The summed E-state index contributed by atoms with van der Waals surface area (Å²) in [5.74, 6) is -0.998. The molecule has 5 nitrogen and oxygen atoms in total. The topological polar surface area (TPSA) is 69.6 Å². The highest BCUT2D eigenvalue weighted by atomic mass is 16.4. The number of carboxylic acids is 1. The van der Waals surface area contributed by atoms with E-state index in [4.69, 9.17) is 5.11 Å². The molecule has 0 unspecified atom stereocenters. The molecule has 1 heterocycles. The molecule has 0 aromatic rings. The van der Waals surface area contributed by atoms with Crippen molar-refractivity contribution in [3.63, 3.8) is 0 Å². The molecule has 0 atom stereocenters. The molecule has 1 saturated heterocycles. The number of nitrogens with zero attached hydrogens (tertiary/aromatic N) is 1. The largest absolute Gasteiger partial charge is 0.480 e. The summed E-state index contributed by atoms with van der Waals surface area (Å²) in [5, 5.41) is 10.9. The van der Waals surface area contributed by atoms with Crippen molar-refractivity contribution < 1.29 is 14.7 Å². The number of urea groups is 1. The maximum absolute atomic E-state index is 11.7. The fraction of sp³-hybridized carbons (Fsp3) is 0.833. The second-order valence-corrected chi connectivity index (χ2v) is 5.25. The Morgan fingerprint density at radius 3 is 2.24 bits per heavy atom. The predicted molar refractivity (Wildman–Crippen MR) is 62.7 cm³/mol. The average molecular weight is 240 g/mol. The molecule has 1 aliphatic carbocycles. The van der Waals surface area contributed by atoms with Gasteiger partial charge in [-0.15, -0.1) is 0 Å². The number of carboxylic acid groups (broad SMARTS) is 1. The summed E-state index contributed by atoms with van der Waals surface area (Å²) in [4.78, 5) is 23.8. The first-order valence-corrected chi connectivity index (χ1v) is 6.36. The Hall–Kier alpha value is -1.26. The number of likely N-dealkylation sites (tertiary alicyclic amines) is 1. The highest BCUT2D eigenvalue weighted by molar-refractivity contribution is 5.80. The summed E-state index contributed by atoms with van der Waals surface area (Å²) < 4.78 is 0. The number of hydrogen-bond donors (Lipinski definition) is 2. The van der Waals surface area contributed by atoms with Crippen molar-refractivity contribution in [2.75, 3.05) is 19.6 Å². The molecular weight excluding hydrogens is 220 g/mol. The average Bonchev–Trinajstić information content (AvgIpc) is 2.75. The highest BCUT2D eigenvalue weighted by Gasteiger charge is 2.37. The van der Waals surface area contributed by atoms with E-state index in [0.717, 1.165) is 25.9 Å². The van der Waals surface area contributed by atoms with E-state index < -0.39 is 5.97 Å². The third-order valence-electron chi connectivity index (χ3n) is 4.17. The number of amides is 2. The Morgan fingerprint density at radius 2 is 1.71 bits per heavy atom. The van der Waals surface area contributed by atoms with E-state index in [-0.39, 0.29) is 12.6 Å². The maximum atomic E-state index is 11.7. The van der Waals surface area contributed by atoms with E-state index in [1.807, 2.05) is 0 Å². The van der Waals surface area contributed by atoms with Crippen LogP contribution in [0.5, 0.6) is 0 Å². The SMILES string of the molecule is O=C(O)CNC(=O)N1CCC2(CCCC2)CC1. The van der Waals surface area contributed by atoms with Crippen molar-refractivity contribution in [3.8, 4) is 0 Å². The molecular formula is C12H20N2O3. The van der Waals surface area contributed by atoms with Crippen molar-refractivity contribution in [3.05, 3.63) is 0 Å². The molecule has 2 rings (SSSR count). The van der Waals surface area contributed by atoms with Crippen molar-refractivity contribution in [1.82, 2.24) is 10.2 Å². The summed E-state index contributed by atoms with van der Waals surface area (Å²) in [6.45, 7) is 1.25. The van der Waals surface area contributed by atoms with Gasteiger partial charge in [-0.2, -0.15) is 0 Å². The summed E-state index contributed by atoms with van der Waals surface area (Å²) in [5.41, 5.74) is 0.490. The lowest BCUT2D eigenvalue weighted by molar-refractivity contribution is -0.135. The number of aliphatic carboxylic acids is 1. The van der Waals surface area contributed by atoms with Gasteiger partial charge in [0.2, 0.25) is 0 Å². The van der Waals surface area contributed by atoms with Gasteiger partial charge in [0.15, 0.2) is 0 Å². The lowest BCUT2D eigenvalue weighted by Crippen LogP contribution is -2.47. The minimum Gasteiger partial charge on any atom is -0.480 e. The normalized spacial score (nSPS) is 22.7. The van der Waals surface area contributed by atoms with Gasteiger partial charge < -0.3 is 15.3 Å². The van der Waals surface area contributed by atoms with Crippen LogP contribution in [-0.2, 0) is 4.79 Å². The predicted octanol–water partition coefficient (Wildman–Crippen LogP) is 1.44. The minimum atomic E-state index is -0.998. The Kier molecular flexibility index (Phi) is 3.54. The van der Waals surface area contributed by atoms with E-state index >= 15 is 0 Å². The molecule has 1 saturated carbocycles. The van der Waals surface area contributed by atoms with Crippen LogP contribution in [0.1, 0.15) is 38.5 Å². The van der Waals surface area contributed by atoms with Gasteiger partial charge in [0.25, 0.3) is 0 Å². The second kappa shape index (κ2) is 4.94. The molecule has 0 bridgehead atoms. The van der Waals surface area contributed by atoms with Gasteiger partial charge in [-0.25, -0.2) is 4.79 Å². The van der Waals surface area contributed by atoms with Gasteiger partial charge in [0.05, 0.1) is 0 Å². The fourth-order valence-corrected chi connectivity index (χ4v) is 3.07. The molecule has 96 valence electrons. The molecule has 5 heteroatoms. The fourth-order valence-electron chi connectivity index (χ4n) is 3.07. The van der Waals surface area contributed by atoms with Crippen molar-refractivity contribution in [2.45, 2.75) is 38.5 Å². The first-order valence-electron chi connectivity index (χ1n) is 6.36. The Morgan fingerprint density at radius 1 is 1.12 bits per heavy atom. The standard InChI is InChI=1S/C12H20N2O3/c15-10(16)9-13-11(17)14-7-5-12(6-8-14)3-1-2-4-12/h1-9H2,(H,13,17)(H,15,16). The zero-order valence-corrected chi connectivity index (χ0v) is 10.1. The van der Waals surface area contributed by atoms with Crippen molar-refractivity contribution >= 4 is 12.0 Å². The quantitative estimate of drug-likeness (QED) is 0.767. The van der Waals surface area contributed by atoms with Gasteiger partial charge >= 0.3 is 12.0 Å². The van der Waals surface area contributed by atoms with E-state index in [9.17, 15) is 9.59 Å². The number of rotatable bonds is 2. The molecule has 17 heavy (non-hydrogen) atoms. The van der Waals surface area contributed by atoms with E-state index in [1.54, 1.807) is 4.90 Å². The molecule has 0 radical (unpaired) electrons. The van der Waals surface area contributed by atoms with Crippen LogP contribution >= 0.6 is 0 Å². The molecule has 0 aromatic heterocycles. The van der Waals surface area contributed by atoms with Crippen molar-refractivity contribution in [1.29, 1.82) is 0 Å². The monoisotopic (exact) mass is 240 g/mol. The molecule has 2 fully saturated rings. The number of carbonyl (C=O) groups is 2. The van der Waals surface area contributed by atoms with Crippen LogP contribution < -0.4 is 5.32 Å². The maximum Gasteiger partial charge on any atom is 0.323 e. The Balaban J connectivity index is 1.78.